The topological polar surface area (TPSA) is 25.6 Å². The van der Waals surface area contributed by atoms with Gasteiger partial charge in [0.15, 0.2) is 0 Å². The predicted molar refractivity (Wildman–Crippen MR) is 133 cm³/mol. The average Bonchev–Trinajstić information content (AvgIpc) is 3.57. The van der Waals surface area contributed by atoms with Crippen LogP contribution in [0.4, 0.5) is 0 Å². The Balaban J connectivity index is 1.10. The maximum Gasteiger partial charge on any atom is 0.0937 e. The number of rotatable bonds is 6. The Hall–Kier alpha value is -1.06. The molecular formula is C30H45NO2. The smallest absolute Gasteiger partial charge is 0.0937 e. The molecule has 0 amide bonds. The highest BCUT2D eigenvalue weighted by molar-refractivity contribution is 5.28. The molecule has 0 radical (unpaired) electrons. The van der Waals surface area contributed by atoms with E-state index in [0.29, 0.717) is 22.9 Å². The molecule has 3 heteroatoms. The van der Waals surface area contributed by atoms with Crippen LogP contribution in [-0.2, 0) is 4.74 Å². The minimum atomic E-state index is 0.424. The molecule has 0 bridgehead atoms. The molecule has 5 aliphatic rings. The van der Waals surface area contributed by atoms with Crippen molar-refractivity contribution < 1.29 is 9.15 Å². The maximum absolute atomic E-state index is 6.44. The SMILES string of the molecule is C[C@]12CC[C@H]3[C@@H](CC=C4C[C@@H](OCCCN5CCCC5)CC[C@@]43C)[C@@H]1CC[C@@H]2c1ccoc1. The van der Waals surface area contributed by atoms with E-state index in [4.69, 9.17) is 9.15 Å². The molecular weight excluding hydrogens is 406 g/mol. The first-order valence-electron chi connectivity index (χ1n) is 14.1. The summed E-state index contributed by atoms with van der Waals surface area (Å²) in [5.41, 5.74) is 4.10. The Morgan fingerprint density at radius 1 is 1.06 bits per heavy atom. The van der Waals surface area contributed by atoms with Crippen molar-refractivity contribution in [3.8, 4) is 0 Å². The summed E-state index contributed by atoms with van der Waals surface area (Å²) in [5.74, 6) is 3.34. The second-order valence-corrected chi connectivity index (χ2v) is 12.6. The van der Waals surface area contributed by atoms with Gasteiger partial charge in [0.1, 0.15) is 0 Å². The average molecular weight is 452 g/mol. The van der Waals surface area contributed by atoms with Crippen LogP contribution in [0.3, 0.4) is 0 Å². The van der Waals surface area contributed by atoms with Crippen molar-refractivity contribution in [3.63, 3.8) is 0 Å². The van der Waals surface area contributed by atoms with E-state index in [9.17, 15) is 0 Å². The van der Waals surface area contributed by atoms with Crippen LogP contribution >= 0.6 is 0 Å². The summed E-state index contributed by atoms with van der Waals surface area (Å²) in [6.07, 6.45) is 21.7. The van der Waals surface area contributed by atoms with E-state index >= 15 is 0 Å². The fraction of sp³-hybridized carbons (Fsp3) is 0.800. The van der Waals surface area contributed by atoms with Gasteiger partial charge in [-0.3, -0.25) is 0 Å². The number of hydrogen-bond acceptors (Lipinski definition) is 3. The molecule has 7 atom stereocenters. The normalized spacial score (nSPS) is 43.1. The van der Waals surface area contributed by atoms with Crippen LogP contribution in [-0.4, -0.2) is 37.2 Å². The van der Waals surface area contributed by atoms with E-state index in [-0.39, 0.29) is 0 Å². The zero-order valence-electron chi connectivity index (χ0n) is 21.1. The lowest BCUT2D eigenvalue weighted by Gasteiger charge is -2.58. The molecule has 182 valence electrons. The molecule has 1 aliphatic heterocycles. The number of ether oxygens (including phenoxy) is 1. The van der Waals surface area contributed by atoms with Crippen molar-refractivity contribution >= 4 is 0 Å². The second-order valence-electron chi connectivity index (χ2n) is 12.6. The molecule has 1 aromatic heterocycles. The summed E-state index contributed by atoms with van der Waals surface area (Å²) in [6, 6.07) is 2.23. The molecule has 3 nitrogen and oxygen atoms in total. The van der Waals surface area contributed by atoms with Crippen LogP contribution in [0.5, 0.6) is 0 Å². The van der Waals surface area contributed by atoms with E-state index in [0.717, 1.165) is 24.4 Å². The van der Waals surface area contributed by atoms with Crippen LogP contribution < -0.4 is 0 Å². The van der Waals surface area contributed by atoms with Crippen molar-refractivity contribution in [1.29, 1.82) is 0 Å². The number of fused-ring (bicyclic) bond motifs is 5. The summed E-state index contributed by atoms with van der Waals surface area (Å²) in [5, 5.41) is 0. The van der Waals surface area contributed by atoms with Gasteiger partial charge < -0.3 is 14.1 Å². The molecule has 2 heterocycles. The fourth-order valence-corrected chi connectivity index (χ4v) is 9.34. The van der Waals surface area contributed by atoms with E-state index in [1.807, 2.05) is 12.5 Å². The first kappa shape index (κ1) is 22.4. The molecule has 4 aliphatic carbocycles. The van der Waals surface area contributed by atoms with Gasteiger partial charge in [-0.2, -0.15) is 0 Å². The Bertz CT molecular complexity index is 839. The summed E-state index contributed by atoms with van der Waals surface area (Å²) in [6.45, 7) is 10.0. The molecule has 33 heavy (non-hydrogen) atoms. The number of nitrogens with zero attached hydrogens (tertiary/aromatic N) is 1. The molecule has 3 saturated carbocycles. The number of likely N-dealkylation sites (tertiary alicyclic amines) is 1. The molecule has 4 fully saturated rings. The van der Waals surface area contributed by atoms with E-state index < -0.39 is 0 Å². The molecule has 0 N–H and O–H groups in total. The lowest BCUT2D eigenvalue weighted by atomic mass is 9.47. The second kappa shape index (κ2) is 8.86. The molecule has 1 saturated heterocycles. The van der Waals surface area contributed by atoms with Crippen molar-refractivity contribution in [1.82, 2.24) is 4.90 Å². The lowest BCUT2D eigenvalue weighted by Crippen LogP contribution is -2.50. The zero-order chi connectivity index (χ0) is 22.5. The van der Waals surface area contributed by atoms with Gasteiger partial charge in [0, 0.05) is 13.2 Å². The first-order chi connectivity index (χ1) is 16.1. The standard InChI is InChI=1S/C30H45NO2/c1-29-13-10-24(33-18-5-17-31-15-3-4-16-31)20-23(29)6-7-25-27-9-8-26(22-12-19-32-21-22)30(27,2)14-11-28(25)29/h6,12,19,21,24-28H,3-5,7-11,13-18,20H2,1-2H3/t24-,25-,26+,27-,28-,29-,30+/m0/s1. The van der Waals surface area contributed by atoms with Gasteiger partial charge >= 0.3 is 0 Å². The monoisotopic (exact) mass is 451 g/mol. The molecule has 6 rings (SSSR count). The highest BCUT2D eigenvalue weighted by Gasteiger charge is 2.58. The highest BCUT2D eigenvalue weighted by atomic mass is 16.5. The van der Waals surface area contributed by atoms with Gasteiger partial charge in [-0.15, -0.1) is 0 Å². The summed E-state index contributed by atoms with van der Waals surface area (Å²) < 4.78 is 11.9. The zero-order valence-corrected chi connectivity index (χ0v) is 21.1. The van der Waals surface area contributed by atoms with Crippen LogP contribution in [0.2, 0.25) is 0 Å². The summed E-state index contributed by atoms with van der Waals surface area (Å²) in [4.78, 5) is 2.61. The summed E-state index contributed by atoms with van der Waals surface area (Å²) in [7, 11) is 0. The van der Waals surface area contributed by atoms with Gasteiger partial charge in [0.2, 0.25) is 0 Å². The van der Waals surface area contributed by atoms with Crippen molar-refractivity contribution in [2.75, 3.05) is 26.2 Å². The number of allylic oxidation sites excluding steroid dienone is 1. The number of hydrogen-bond donors (Lipinski definition) is 0. The van der Waals surface area contributed by atoms with Crippen molar-refractivity contribution in [3.05, 3.63) is 35.8 Å². The number of furan rings is 1. The third-order valence-electron chi connectivity index (χ3n) is 11.2. The Morgan fingerprint density at radius 2 is 1.94 bits per heavy atom. The maximum atomic E-state index is 6.44. The first-order valence-corrected chi connectivity index (χ1v) is 14.1. The largest absolute Gasteiger partial charge is 0.472 e. The van der Waals surface area contributed by atoms with Crippen LogP contribution in [0.1, 0.15) is 96.0 Å². The predicted octanol–water partition coefficient (Wildman–Crippen LogP) is 7.20. The van der Waals surface area contributed by atoms with Gasteiger partial charge in [0.25, 0.3) is 0 Å². The quantitative estimate of drug-likeness (QED) is 0.338. The minimum absolute atomic E-state index is 0.424. The van der Waals surface area contributed by atoms with E-state index in [1.54, 1.807) is 5.57 Å². The third-order valence-corrected chi connectivity index (χ3v) is 11.2. The highest BCUT2D eigenvalue weighted by Crippen LogP contribution is 2.68. The fourth-order valence-electron chi connectivity index (χ4n) is 9.34. The van der Waals surface area contributed by atoms with E-state index in [1.165, 1.54) is 95.8 Å². The molecule has 0 unspecified atom stereocenters. The Kier molecular flexibility index (Phi) is 6.02. The van der Waals surface area contributed by atoms with Crippen molar-refractivity contribution in [2.45, 2.75) is 96.5 Å². The van der Waals surface area contributed by atoms with Crippen LogP contribution in [0, 0.1) is 28.6 Å². The Morgan fingerprint density at radius 3 is 2.76 bits per heavy atom. The summed E-state index contributed by atoms with van der Waals surface area (Å²) >= 11 is 0. The van der Waals surface area contributed by atoms with Gasteiger partial charge in [0.05, 0.1) is 18.6 Å². The molecule has 0 spiro atoms. The van der Waals surface area contributed by atoms with Crippen LogP contribution in [0.15, 0.2) is 34.7 Å². The Labute approximate surface area is 201 Å². The lowest BCUT2D eigenvalue weighted by molar-refractivity contribution is -0.0515. The van der Waals surface area contributed by atoms with Gasteiger partial charge in [-0.25, -0.2) is 0 Å². The van der Waals surface area contributed by atoms with Crippen LogP contribution in [0.25, 0.3) is 0 Å². The third kappa shape index (κ3) is 3.86. The van der Waals surface area contributed by atoms with Crippen molar-refractivity contribution in [2.24, 2.45) is 28.6 Å². The van der Waals surface area contributed by atoms with E-state index in [2.05, 4.69) is 30.9 Å². The molecule has 0 aromatic carbocycles. The van der Waals surface area contributed by atoms with Gasteiger partial charge in [-0.05, 0) is 130 Å². The molecule has 1 aromatic rings. The minimum Gasteiger partial charge on any atom is -0.472 e. The van der Waals surface area contributed by atoms with Gasteiger partial charge in [-0.1, -0.05) is 25.5 Å².